The first-order chi connectivity index (χ1) is 18.5. The number of tetrazole rings is 1. The standard InChI is InChI=1S/C26H25N7O4S/c1-2-27-25(36)28-23-21(16-5-3-4-6-20(16)38-23)24(35)33-11-9-26(10-12-33)14-18(34)17-13-15(7-8-19(17)37-26)22-29-31-32-30-22/h3-8,13H,2,9-12,14H2,1H3,(H2,27,28,36)(H,29,30,31,32). The van der Waals surface area contributed by atoms with Gasteiger partial charge in [0.05, 0.1) is 17.5 Å². The second kappa shape index (κ2) is 9.53. The summed E-state index contributed by atoms with van der Waals surface area (Å²) in [6.07, 6.45) is 1.29. The number of carbonyl (C=O) groups excluding carboxylic acids is 3. The van der Waals surface area contributed by atoms with Crippen LogP contribution in [0.15, 0.2) is 42.5 Å². The summed E-state index contributed by atoms with van der Waals surface area (Å²) < 4.78 is 7.33. The van der Waals surface area contributed by atoms with Gasteiger partial charge in [-0.2, -0.15) is 5.21 Å². The van der Waals surface area contributed by atoms with E-state index < -0.39 is 5.60 Å². The summed E-state index contributed by atoms with van der Waals surface area (Å²) in [5.41, 5.74) is 1.02. The number of hydrogen-bond acceptors (Lipinski definition) is 8. The van der Waals surface area contributed by atoms with Crippen LogP contribution in [0.5, 0.6) is 5.75 Å². The van der Waals surface area contributed by atoms with Gasteiger partial charge in [0.1, 0.15) is 16.4 Å². The van der Waals surface area contributed by atoms with Gasteiger partial charge in [0.15, 0.2) is 5.78 Å². The summed E-state index contributed by atoms with van der Waals surface area (Å²) in [5.74, 6) is 0.797. The van der Waals surface area contributed by atoms with Crippen molar-refractivity contribution in [3.05, 3.63) is 53.6 Å². The molecule has 0 saturated carbocycles. The van der Waals surface area contributed by atoms with E-state index in [1.807, 2.05) is 31.2 Å². The normalized spacial score (nSPS) is 16.2. The van der Waals surface area contributed by atoms with Crippen LogP contribution < -0.4 is 15.4 Å². The molecule has 12 heteroatoms. The molecule has 2 aliphatic rings. The Labute approximate surface area is 221 Å². The number of hydrogen-bond donors (Lipinski definition) is 3. The zero-order valence-corrected chi connectivity index (χ0v) is 21.4. The van der Waals surface area contributed by atoms with Crippen molar-refractivity contribution in [1.82, 2.24) is 30.8 Å². The van der Waals surface area contributed by atoms with Crippen LogP contribution in [-0.2, 0) is 0 Å². The number of benzene rings is 2. The predicted molar refractivity (Wildman–Crippen MR) is 142 cm³/mol. The maximum atomic E-state index is 13.8. The zero-order valence-electron chi connectivity index (χ0n) is 20.6. The van der Waals surface area contributed by atoms with Crippen molar-refractivity contribution in [2.24, 2.45) is 0 Å². The number of anilines is 1. The summed E-state index contributed by atoms with van der Waals surface area (Å²) in [6, 6.07) is 12.6. The van der Waals surface area contributed by atoms with Gasteiger partial charge in [0, 0.05) is 48.1 Å². The van der Waals surface area contributed by atoms with Crippen LogP contribution in [0, 0.1) is 0 Å². The average Bonchev–Trinajstić information content (AvgIpc) is 3.57. The van der Waals surface area contributed by atoms with Crippen molar-refractivity contribution in [3.63, 3.8) is 0 Å². The predicted octanol–water partition coefficient (Wildman–Crippen LogP) is 3.86. The highest BCUT2D eigenvalue weighted by molar-refractivity contribution is 7.23. The Hall–Kier alpha value is -4.32. The molecule has 0 unspecified atom stereocenters. The number of urea groups is 1. The molecule has 11 nitrogen and oxygen atoms in total. The van der Waals surface area contributed by atoms with E-state index in [9.17, 15) is 14.4 Å². The number of ketones is 1. The van der Waals surface area contributed by atoms with E-state index >= 15 is 0 Å². The van der Waals surface area contributed by atoms with Gasteiger partial charge in [0.2, 0.25) is 5.82 Å². The van der Waals surface area contributed by atoms with Gasteiger partial charge < -0.3 is 15.0 Å². The minimum atomic E-state index is -0.659. The average molecular weight is 532 g/mol. The lowest BCUT2D eigenvalue weighted by Crippen LogP contribution is -2.52. The molecule has 1 fully saturated rings. The van der Waals surface area contributed by atoms with E-state index in [0.717, 1.165) is 10.1 Å². The van der Waals surface area contributed by atoms with E-state index in [4.69, 9.17) is 4.74 Å². The molecule has 2 aromatic heterocycles. The molecule has 4 heterocycles. The summed E-state index contributed by atoms with van der Waals surface area (Å²) in [5, 5.41) is 20.8. The van der Waals surface area contributed by atoms with Crippen molar-refractivity contribution in [2.75, 3.05) is 25.0 Å². The topological polar surface area (TPSA) is 142 Å². The molecule has 0 aliphatic carbocycles. The van der Waals surface area contributed by atoms with Crippen LogP contribution in [0.25, 0.3) is 21.5 Å². The third-order valence-electron chi connectivity index (χ3n) is 7.03. The highest BCUT2D eigenvalue weighted by Gasteiger charge is 2.44. The number of likely N-dealkylation sites (tertiary alicyclic amines) is 1. The zero-order chi connectivity index (χ0) is 26.3. The van der Waals surface area contributed by atoms with Gasteiger partial charge in [0.25, 0.3) is 5.91 Å². The largest absolute Gasteiger partial charge is 0.486 e. The Morgan fingerprint density at radius 3 is 2.76 bits per heavy atom. The number of fused-ring (bicyclic) bond motifs is 2. The van der Waals surface area contributed by atoms with Crippen LogP contribution in [0.3, 0.4) is 0 Å². The molecule has 6 rings (SSSR count). The molecule has 1 spiro atoms. The lowest BCUT2D eigenvalue weighted by atomic mass is 9.82. The first kappa shape index (κ1) is 24.0. The number of Topliss-reactive ketones (excluding diaryl/α,β-unsaturated/α-hetero) is 1. The Kier molecular flexibility index (Phi) is 6.03. The van der Waals surface area contributed by atoms with Crippen molar-refractivity contribution >= 4 is 44.1 Å². The highest BCUT2D eigenvalue weighted by Crippen LogP contribution is 2.42. The smallest absolute Gasteiger partial charge is 0.319 e. The molecule has 0 bridgehead atoms. The Bertz CT molecular complexity index is 1540. The van der Waals surface area contributed by atoms with E-state index in [2.05, 4.69) is 31.3 Å². The van der Waals surface area contributed by atoms with Crippen molar-refractivity contribution in [3.8, 4) is 17.1 Å². The Morgan fingerprint density at radius 1 is 1.18 bits per heavy atom. The molecule has 38 heavy (non-hydrogen) atoms. The molecule has 0 radical (unpaired) electrons. The summed E-state index contributed by atoms with van der Waals surface area (Å²) in [7, 11) is 0. The Balaban J connectivity index is 1.21. The maximum Gasteiger partial charge on any atom is 0.319 e. The second-order valence-corrected chi connectivity index (χ2v) is 10.5. The third kappa shape index (κ3) is 4.26. The first-order valence-electron chi connectivity index (χ1n) is 12.4. The van der Waals surface area contributed by atoms with Crippen LogP contribution in [-0.4, -0.2) is 68.5 Å². The first-order valence-corrected chi connectivity index (χ1v) is 13.2. The van der Waals surface area contributed by atoms with Crippen LogP contribution >= 0.6 is 11.3 Å². The second-order valence-electron chi connectivity index (χ2n) is 9.41. The summed E-state index contributed by atoms with van der Waals surface area (Å²) >= 11 is 1.38. The lowest BCUT2D eigenvalue weighted by molar-refractivity contribution is -0.00561. The quantitative estimate of drug-likeness (QED) is 0.363. The maximum absolute atomic E-state index is 13.8. The molecule has 3 amide bonds. The highest BCUT2D eigenvalue weighted by atomic mass is 32.1. The third-order valence-corrected chi connectivity index (χ3v) is 8.11. The van der Waals surface area contributed by atoms with E-state index in [-0.39, 0.29) is 24.1 Å². The minimum Gasteiger partial charge on any atom is -0.486 e. The molecule has 1 saturated heterocycles. The molecule has 0 atom stereocenters. The number of nitrogens with zero attached hydrogens (tertiary/aromatic N) is 4. The molecule has 2 aromatic carbocycles. The number of rotatable bonds is 4. The number of thiophene rings is 1. The van der Waals surface area contributed by atoms with Gasteiger partial charge in [-0.05, 0) is 36.4 Å². The fourth-order valence-corrected chi connectivity index (χ4v) is 6.21. The summed E-state index contributed by atoms with van der Waals surface area (Å²) in [6.45, 7) is 3.19. The van der Waals surface area contributed by atoms with Gasteiger partial charge in [-0.25, -0.2) is 4.79 Å². The van der Waals surface area contributed by atoms with Gasteiger partial charge in [-0.15, -0.1) is 21.5 Å². The number of H-pyrrole nitrogens is 1. The van der Waals surface area contributed by atoms with Crippen molar-refractivity contribution < 1.29 is 19.1 Å². The fourth-order valence-electron chi connectivity index (χ4n) is 5.13. The van der Waals surface area contributed by atoms with Gasteiger partial charge in [-0.1, -0.05) is 18.2 Å². The Morgan fingerprint density at radius 2 is 2.00 bits per heavy atom. The fraction of sp³-hybridized carbons (Fsp3) is 0.308. The van der Waals surface area contributed by atoms with Crippen LogP contribution in [0.2, 0.25) is 0 Å². The van der Waals surface area contributed by atoms with Crippen molar-refractivity contribution in [2.45, 2.75) is 31.8 Å². The molecular formula is C26H25N7O4S. The molecule has 2 aliphatic heterocycles. The number of ether oxygens (including phenoxy) is 1. The lowest BCUT2D eigenvalue weighted by Gasteiger charge is -2.44. The number of piperidine rings is 1. The molecule has 194 valence electrons. The van der Waals surface area contributed by atoms with Crippen LogP contribution in [0.4, 0.5) is 9.80 Å². The molecular weight excluding hydrogens is 506 g/mol. The van der Waals surface area contributed by atoms with Gasteiger partial charge in [-0.3, -0.25) is 14.9 Å². The van der Waals surface area contributed by atoms with E-state index in [1.165, 1.54) is 11.3 Å². The van der Waals surface area contributed by atoms with Crippen molar-refractivity contribution in [1.29, 1.82) is 0 Å². The number of aromatic nitrogens is 4. The monoisotopic (exact) mass is 531 g/mol. The minimum absolute atomic E-state index is 0.00590. The van der Waals surface area contributed by atoms with Gasteiger partial charge >= 0.3 is 6.03 Å². The summed E-state index contributed by atoms with van der Waals surface area (Å²) in [4.78, 5) is 41.0. The number of nitrogens with one attached hydrogen (secondary N) is 3. The van der Waals surface area contributed by atoms with Crippen LogP contribution in [0.1, 0.15) is 46.9 Å². The van der Waals surface area contributed by atoms with E-state index in [0.29, 0.717) is 65.7 Å². The number of amides is 3. The number of carbonyl (C=O) groups is 3. The number of aromatic amines is 1. The van der Waals surface area contributed by atoms with E-state index in [1.54, 1.807) is 23.1 Å². The molecule has 4 aromatic rings. The molecule has 3 N–H and O–H groups in total. The SMILES string of the molecule is CCNC(=O)Nc1sc2ccccc2c1C(=O)N1CCC2(CC1)CC(=O)c1cc(-c3nn[nH]n3)ccc1O2.